The average molecular weight is 532 g/mol. The van der Waals surface area contributed by atoms with E-state index in [9.17, 15) is 29.4 Å². The van der Waals surface area contributed by atoms with Crippen LogP contribution in [0, 0.1) is 0 Å². The van der Waals surface area contributed by atoms with Crippen molar-refractivity contribution in [3.8, 4) is 0 Å². The Bertz CT molecular complexity index is 1230. The molecular formula is C23H29N7O6S. The number of aromatic nitrogens is 3. The van der Waals surface area contributed by atoms with Gasteiger partial charge in [-0.2, -0.15) is 12.6 Å². The van der Waals surface area contributed by atoms with Crippen LogP contribution in [0.4, 0.5) is 0 Å². The van der Waals surface area contributed by atoms with E-state index >= 15 is 0 Å². The number of carboxylic acids is 1. The SMILES string of the molecule is NC(CS)C(=O)NC(Cc1cnc[nH]1)C(=O)NC(CO)C(=O)NC(Cc1c[nH]c2ccccc12)C(=O)O. The number of hydrogen-bond donors (Lipinski definition) is 9. The number of aliphatic hydroxyl groups is 1. The van der Waals surface area contributed by atoms with Gasteiger partial charge >= 0.3 is 5.97 Å². The molecule has 1 aromatic carbocycles. The van der Waals surface area contributed by atoms with Gasteiger partial charge in [0.2, 0.25) is 17.7 Å². The summed E-state index contributed by atoms with van der Waals surface area (Å²) in [6, 6.07) is 2.37. The van der Waals surface area contributed by atoms with Crippen LogP contribution in [0.1, 0.15) is 11.3 Å². The average Bonchev–Trinajstić information content (AvgIpc) is 3.55. The van der Waals surface area contributed by atoms with Crippen LogP contribution in [-0.2, 0) is 32.0 Å². The Kier molecular flexibility index (Phi) is 9.65. The predicted molar refractivity (Wildman–Crippen MR) is 137 cm³/mol. The molecule has 13 nitrogen and oxygen atoms in total. The van der Waals surface area contributed by atoms with E-state index in [0.717, 1.165) is 10.9 Å². The summed E-state index contributed by atoms with van der Waals surface area (Å²) in [7, 11) is 0. The van der Waals surface area contributed by atoms with Gasteiger partial charge in [0, 0.05) is 47.6 Å². The zero-order valence-electron chi connectivity index (χ0n) is 19.7. The summed E-state index contributed by atoms with van der Waals surface area (Å²) in [4.78, 5) is 59.7. The first-order chi connectivity index (χ1) is 17.7. The number of carbonyl (C=O) groups excluding carboxylic acids is 3. The van der Waals surface area contributed by atoms with E-state index in [-0.39, 0.29) is 18.6 Å². The quantitative estimate of drug-likeness (QED) is 0.118. The smallest absolute Gasteiger partial charge is 0.326 e. The van der Waals surface area contributed by atoms with E-state index in [2.05, 4.69) is 43.5 Å². The largest absolute Gasteiger partial charge is 0.480 e. The van der Waals surface area contributed by atoms with Gasteiger partial charge in [-0.25, -0.2) is 9.78 Å². The highest BCUT2D eigenvalue weighted by atomic mass is 32.1. The van der Waals surface area contributed by atoms with Crippen LogP contribution in [0.3, 0.4) is 0 Å². The number of carboxylic acid groups (broad SMARTS) is 1. The molecule has 4 atom stereocenters. The Labute approximate surface area is 217 Å². The van der Waals surface area contributed by atoms with E-state index in [1.165, 1.54) is 12.5 Å². The van der Waals surface area contributed by atoms with Gasteiger partial charge < -0.3 is 41.9 Å². The lowest BCUT2D eigenvalue weighted by atomic mass is 10.0. The predicted octanol–water partition coefficient (Wildman–Crippen LogP) is -1.54. The minimum atomic E-state index is -1.47. The van der Waals surface area contributed by atoms with E-state index in [1.807, 2.05) is 24.3 Å². The van der Waals surface area contributed by atoms with Gasteiger partial charge in [0.25, 0.3) is 0 Å². The van der Waals surface area contributed by atoms with Crippen LogP contribution in [0.25, 0.3) is 10.9 Å². The van der Waals surface area contributed by atoms with Crippen LogP contribution in [-0.4, -0.2) is 85.4 Å². The molecule has 4 unspecified atom stereocenters. The maximum atomic E-state index is 13.0. The zero-order chi connectivity index (χ0) is 26.9. The third-order valence-corrected chi connectivity index (χ3v) is 6.07. The van der Waals surface area contributed by atoms with Crippen molar-refractivity contribution in [3.05, 3.63) is 54.2 Å². The first kappa shape index (κ1) is 27.7. The van der Waals surface area contributed by atoms with Crippen molar-refractivity contribution in [1.82, 2.24) is 30.9 Å². The summed E-state index contributed by atoms with van der Waals surface area (Å²) in [5, 5.41) is 27.5. The van der Waals surface area contributed by atoms with E-state index in [0.29, 0.717) is 11.3 Å². The van der Waals surface area contributed by atoms with Crippen LogP contribution in [0.15, 0.2) is 43.0 Å². The third-order valence-electron chi connectivity index (χ3n) is 5.67. The van der Waals surface area contributed by atoms with Crippen molar-refractivity contribution in [3.63, 3.8) is 0 Å². The lowest BCUT2D eigenvalue weighted by Crippen LogP contribution is -2.58. The molecule has 0 saturated heterocycles. The first-order valence-corrected chi connectivity index (χ1v) is 12.0. The molecule has 0 radical (unpaired) electrons. The Hall–Kier alpha value is -3.88. The Morgan fingerprint density at radius 3 is 2.30 bits per heavy atom. The van der Waals surface area contributed by atoms with Gasteiger partial charge in [-0.1, -0.05) is 18.2 Å². The number of nitrogens with zero attached hydrogens (tertiary/aromatic N) is 1. The van der Waals surface area contributed by atoms with E-state index < -0.39 is 54.5 Å². The Morgan fingerprint density at radius 2 is 1.65 bits per heavy atom. The number of fused-ring (bicyclic) bond motifs is 1. The molecular weight excluding hydrogens is 502 g/mol. The second-order valence-electron chi connectivity index (χ2n) is 8.34. The summed E-state index contributed by atoms with van der Waals surface area (Å²) in [5.41, 5.74) is 7.70. The third kappa shape index (κ3) is 7.31. The summed E-state index contributed by atoms with van der Waals surface area (Å²) in [6.45, 7) is -0.808. The second-order valence-corrected chi connectivity index (χ2v) is 8.70. The number of nitrogens with two attached hydrogens (primary N) is 1. The van der Waals surface area contributed by atoms with Gasteiger partial charge in [0.05, 0.1) is 19.0 Å². The molecule has 2 aromatic heterocycles. The highest BCUT2D eigenvalue weighted by Crippen LogP contribution is 2.19. The molecule has 0 fully saturated rings. The van der Waals surface area contributed by atoms with Crippen LogP contribution in [0.2, 0.25) is 0 Å². The number of amides is 3. The number of carbonyl (C=O) groups is 4. The normalized spacial score (nSPS) is 14.4. The number of aliphatic hydroxyl groups excluding tert-OH is 1. The molecule has 14 heteroatoms. The highest BCUT2D eigenvalue weighted by Gasteiger charge is 2.30. The number of aromatic amines is 2. The maximum absolute atomic E-state index is 13.0. The lowest BCUT2D eigenvalue weighted by Gasteiger charge is -2.24. The fourth-order valence-electron chi connectivity index (χ4n) is 3.65. The highest BCUT2D eigenvalue weighted by molar-refractivity contribution is 7.80. The monoisotopic (exact) mass is 531 g/mol. The fraction of sp³-hybridized carbons (Fsp3) is 0.348. The summed E-state index contributed by atoms with van der Waals surface area (Å²) in [5.74, 6) is -3.57. The molecule has 3 aromatic rings. The minimum absolute atomic E-state index is 0.00501. The second kappa shape index (κ2) is 12.9. The Balaban J connectivity index is 1.69. The first-order valence-electron chi connectivity index (χ1n) is 11.4. The molecule has 0 saturated carbocycles. The number of nitrogens with one attached hydrogen (secondary N) is 5. The van der Waals surface area contributed by atoms with Gasteiger partial charge in [-0.15, -0.1) is 0 Å². The topological polar surface area (TPSA) is 215 Å². The van der Waals surface area contributed by atoms with E-state index in [4.69, 9.17) is 5.73 Å². The number of rotatable bonds is 13. The molecule has 0 bridgehead atoms. The van der Waals surface area contributed by atoms with Gasteiger partial charge in [0.15, 0.2) is 0 Å². The maximum Gasteiger partial charge on any atom is 0.326 e. The number of hydrogen-bond acceptors (Lipinski definition) is 8. The molecule has 9 N–H and O–H groups in total. The van der Waals surface area contributed by atoms with Crippen molar-refractivity contribution in [2.45, 2.75) is 37.0 Å². The van der Waals surface area contributed by atoms with Crippen molar-refractivity contribution >= 4 is 47.2 Å². The van der Waals surface area contributed by atoms with Crippen molar-refractivity contribution < 1.29 is 29.4 Å². The summed E-state index contributed by atoms with van der Waals surface area (Å²) in [6.07, 6.45) is 4.49. The summed E-state index contributed by atoms with van der Waals surface area (Å²) >= 11 is 3.98. The van der Waals surface area contributed by atoms with Crippen LogP contribution < -0.4 is 21.7 Å². The molecule has 37 heavy (non-hydrogen) atoms. The van der Waals surface area contributed by atoms with E-state index in [1.54, 1.807) is 6.20 Å². The number of benzene rings is 1. The van der Waals surface area contributed by atoms with Crippen molar-refractivity contribution in [2.75, 3.05) is 12.4 Å². The lowest BCUT2D eigenvalue weighted by molar-refractivity contribution is -0.142. The van der Waals surface area contributed by atoms with Gasteiger partial charge in [0.1, 0.15) is 18.1 Å². The Morgan fingerprint density at radius 1 is 0.973 bits per heavy atom. The molecule has 0 aliphatic heterocycles. The summed E-state index contributed by atoms with van der Waals surface area (Å²) < 4.78 is 0. The van der Waals surface area contributed by atoms with Crippen LogP contribution in [0.5, 0.6) is 0 Å². The number of aliphatic carboxylic acids is 1. The van der Waals surface area contributed by atoms with Crippen LogP contribution >= 0.6 is 12.6 Å². The van der Waals surface area contributed by atoms with Gasteiger partial charge in [-0.3, -0.25) is 14.4 Å². The van der Waals surface area contributed by atoms with Crippen molar-refractivity contribution in [2.24, 2.45) is 5.73 Å². The molecule has 3 amide bonds. The fourth-order valence-corrected chi connectivity index (χ4v) is 3.81. The zero-order valence-corrected chi connectivity index (χ0v) is 20.6. The molecule has 0 spiro atoms. The van der Waals surface area contributed by atoms with Crippen molar-refractivity contribution in [1.29, 1.82) is 0 Å². The standard InChI is InChI=1S/C23H29N7O6S/c24-15(10-37)20(32)28-17(6-13-8-25-11-27-13)21(33)30-19(9-31)22(34)29-18(23(35)36)5-12-7-26-16-4-2-1-3-14(12)16/h1-4,7-8,11,15,17-19,26,31,37H,5-6,9-10,24H2,(H,25,27)(H,28,32)(H,29,34)(H,30,33)(H,35,36). The molecule has 0 aliphatic carbocycles. The molecule has 198 valence electrons. The minimum Gasteiger partial charge on any atom is -0.480 e. The van der Waals surface area contributed by atoms with Gasteiger partial charge in [-0.05, 0) is 11.6 Å². The molecule has 2 heterocycles. The number of H-pyrrole nitrogens is 2. The number of para-hydroxylation sites is 1. The molecule has 0 aliphatic rings. The molecule has 3 rings (SSSR count). The number of imidazole rings is 1. The number of thiol groups is 1.